The highest BCUT2D eigenvalue weighted by Gasteiger charge is 2.11. The highest BCUT2D eigenvalue weighted by Crippen LogP contribution is 2.22. The molecule has 2 aromatic carbocycles. The second-order valence-electron chi connectivity index (χ2n) is 5.66. The number of hydrogen-bond acceptors (Lipinski definition) is 5. The number of carbonyl (C=O) groups excluding carboxylic acids is 3. The molecule has 0 fully saturated rings. The fourth-order valence-electron chi connectivity index (χ4n) is 2.28. The largest absolute Gasteiger partial charge is 0.497 e. The van der Waals surface area contributed by atoms with Crippen LogP contribution in [0.2, 0.25) is 0 Å². The fraction of sp³-hybridized carbons (Fsp3) is 0.211. The van der Waals surface area contributed by atoms with Crippen LogP contribution in [-0.4, -0.2) is 31.9 Å². The zero-order chi connectivity index (χ0) is 19.8. The van der Waals surface area contributed by atoms with Crippen LogP contribution in [-0.2, 0) is 16.0 Å². The molecule has 0 saturated carbocycles. The molecule has 27 heavy (non-hydrogen) atoms. The quantitative estimate of drug-likeness (QED) is 0.670. The van der Waals surface area contributed by atoms with Crippen LogP contribution in [0.1, 0.15) is 22.8 Å². The monoisotopic (exact) mass is 371 g/mol. The lowest BCUT2D eigenvalue weighted by Crippen LogP contribution is -2.42. The van der Waals surface area contributed by atoms with Gasteiger partial charge in [0.05, 0.1) is 20.6 Å². The van der Waals surface area contributed by atoms with E-state index in [4.69, 9.17) is 9.47 Å². The summed E-state index contributed by atoms with van der Waals surface area (Å²) in [6, 6.07) is 11.5. The first-order valence-corrected chi connectivity index (χ1v) is 8.10. The highest BCUT2D eigenvalue weighted by atomic mass is 16.5. The summed E-state index contributed by atoms with van der Waals surface area (Å²) in [6.45, 7) is 1.42. The Morgan fingerprint density at radius 2 is 1.48 bits per heavy atom. The molecule has 2 aromatic rings. The Bertz CT molecular complexity index is 811. The van der Waals surface area contributed by atoms with E-state index in [0.717, 1.165) is 5.56 Å². The van der Waals surface area contributed by atoms with Crippen molar-refractivity contribution in [2.24, 2.45) is 0 Å². The van der Waals surface area contributed by atoms with Crippen LogP contribution in [0.4, 0.5) is 5.69 Å². The molecule has 2 rings (SSSR count). The number of nitrogens with one attached hydrogen (secondary N) is 3. The SMILES string of the molecule is COc1cc(OC)cc(C(=O)NNC(=O)Cc2ccc(NC(C)=O)cc2)c1. The number of hydrazine groups is 1. The van der Waals surface area contributed by atoms with E-state index in [2.05, 4.69) is 16.2 Å². The van der Waals surface area contributed by atoms with Crippen molar-refractivity contribution in [3.8, 4) is 11.5 Å². The predicted molar refractivity (Wildman–Crippen MR) is 99.6 cm³/mol. The average Bonchev–Trinajstić information content (AvgIpc) is 2.66. The molecule has 0 saturated heterocycles. The van der Waals surface area contributed by atoms with Gasteiger partial charge in [-0.25, -0.2) is 0 Å². The van der Waals surface area contributed by atoms with Crippen molar-refractivity contribution in [2.75, 3.05) is 19.5 Å². The van der Waals surface area contributed by atoms with Gasteiger partial charge in [0.1, 0.15) is 11.5 Å². The molecule has 0 unspecified atom stereocenters. The van der Waals surface area contributed by atoms with Gasteiger partial charge in [0, 0.05) is 24.2 Å². The second-order valence-corrected chi connectivity index (χ2v) is 5.66. The van der Waals surface area contributed by atoms with Crippen LogP contribution in [0.15, 0.2) is 42.5 Å². The Labute approximate surface area is 156 Å². The minimum Gasteiger partial charge on any atom is -0.497 e. The van der Waals surface area contributed by atoms with Gasteiger partial charge in [-0.15, -0.1) is 0 Å². The molecule has 142 valence electrons. The van der Waals surface area contributed by atoms with Crippen molar-refractivity contribution in [1.82, 2.24) is 10.9 Å². The Morgan fingerprint density at radius 3 is 2.00 bits per heavy atom. The lowest BCUT2D eigenvalue weighted by molar-refractivity contribution is -0.121. The molecule has 0 radical (unpaired) electrons. The van der Waals surface area contributed by atoms with Gasteiger partial charge in [-0.05, 0) is 29.8 Å². The zero-order valence-electron chi connectivity index (χ0n) is 15.3. The number of amides is 3. The van der Waals surface area contributed by atoms with Crippen LogP contribution in [0.5, 0.6) is 11.5 Å². The van der Waals surface area contributed by atoms with Gasteiger partial charge in [0.25, 0.3) is 5.91 Å². The Hall–Kier alpha value is -3.55. The maximum Gasteiger partial charge on any atom is 0.269 e. The Morgan fingerprint density at radius 1 is 0.889 bits per heavy atom. The summed E-state index contributed by atoms with van der Waals surface area (Å²) >= 11 is 0. The van der Waals surface area contributed by atoms with Gasteiger partial charge in [0.2, 0.25) is 11.8 Å². The molecule has 0 aliphatic carbocycles. The molecular formula is C19H21N3O5. The van der Waals surface area contributed by atoms with Crippen LogP contribution in [0.25, 0.3) is 0 Å². The lowest BCUT2D eigenvalue weighted by atomic mass is 10.1. The summed E-state index contributed by atoms with van der Waals surface area (Å²) in [7, 11) is 2.96. The number of hydrogen-bond donors (Lipinski definition) is 3. The first-order chi connectivity index (χ1) is 12.9. The van der Waals surface area contributed by atoms with Gasteiger partial charge >= 0.3 is 0 Å². The first kappa shape index (κ1) is 19.8. The summed E-state index contributed by atoms with van der Waals surface area (Å²) < 4.78 is 10.2. The molecule has 0 aliphatic heterocycles. The average molecular weight is 371 g/mol. The van der Waals surface area contributed by atoms with E-state index < -0.39 is 5.91 Å². The second kappa shape index (κ2) is 9.23. The number of ether oxygens (including phenoxy) is 2. The number of methoxy groups -OCH3 is 2. The number of carbonyl (C=O) groups is 3. The van der Waals surface area contributed by atoms with Crippen LogP contribution in [0, 0.1) is 0 Å². The summed E-state index contributed by atoms with van der Waals surface area (Å²) in [5.41, 5.74) is 6.38. The minimum atomic E-state index is -0.499. The van der Waals surface area contributed by atoms with E-state index in [-0.39, 0.29) is 23.8 Å². The maximum atomic E-state index is 12.2. The molecule has 0 bridgehead atoms. The van der Waals surface area contributed by atoms with Crippen molar-refractivity contribution in [3.05, 3.63) is 53.6 Å². The number of anilines is 1. The summed E-state index contributed by atoms with van der Waals surface area (Å²) in [5.74, 6) is -0.125. The van der Waals surface area contributed by atoms with Crippen LogP contribution in [0.3, 0.4) is 0 Å². The Kier molecular flexibility index (Phi) is 6.76. The lowest BCUT2D eigenvalue weighted by Gasteiger charge is -2.10. The van der Waals surface area contributed by atoms with Crippen molar-refractivity contribution in [2.45, 2.75) is 13.3 Å². The molecule has 3 amide bonds. The summed E-state index contributed by atoms with van der Waals surface area (Å²) in [6.07, 6.45) is 0.0715. The van der Waals surface area contributed by atoms with E-state index in [1.807, 2.05) is 0 Å². The summed E-state index contributed by atoms with van der Waals surface area (Å²) in [5, 5.41) is 2.65. The highest BCUT2D eigenvalue weighted by molar-refractivity contribution is 5.96. The van der Waals surface area contributed by atoms with Crippen LogP contribution >= 0.6 is 0 Å². The van der Waals surface area contributed by atoms with Gasteiger partial charge in [-0.1, -0.05) is 12.1 Å². The molecule has 8 nitrogen and oxygen atoms in total. The first-order valence-electron chi connectivity index (χ1n) is 8.10. The van der Waals surface area contributed by atoms with Crippen molar-refractivity contribution < 1.29 is 23.9 Å². The third-order valence-electron chi connectivity index (χ3n) is 3.57. The molecule has 0 atom stereocenters. The van der Waals surface area contributed by atoms with Gasteiger partial charge in [-0.2, -0.15) is 0 Å². The molecule has 0 aliphatic rings. The van der Waals surface area contributed by atoms with E-state index in [1.165, 1.54) is 33.3 Å². The molecule has 0 heterocycles. The molecule has 0 aromatic heterocycles. The van der Waals surface area contributed by atoms with Gasteiger partial charge < -0.3 is 14.8 Å². The van der Waals surface area contributed by atoms with E-state index in [9.17, 15) is 14.4 Å². The van der Waals surface area contributed by atoms with E-state index in [1.54, 1.807) is 30.3 Å². The fourth-order valence-corrected chi connectivity index (χ4v) is 2.28. The molecule has 8 heteroatoms. The Balaban J connectivity index is 1.91. The van der Waals surface area contributed by atoms with Crippen LogP contribution < -0.4 is 25.6 Å². The molecule has 3 N–H and O–H groups in total. The third kappa shape index (κ3) is 6.03. The number of rotatable bonds is 6. The normalized spacial score (nSPS) is 9.89. The van der Waals surface area contributed by atoms with Gasteiger partial charge in [0.15, 0.2) is 0 Å². The van der Waals surface area contributed by atoms with E-state index in [0.29, 0.717) is 17.2 Å². The van der Waals surface area contributed by atoms with Crippen molar-refractivity contribution >= 4 is 23.4 Å². The minimum absolute atomic E-state index is 0.0715. The standard InChI is InChI=1S/C19H21N3O5/c1-12(23)20-15-6-4-13(5-7-15)8-18(24)21-22-19(25)14-9-16(26-2)11-17(10-14)27-3/h4-7,9-11H,8H2,1-3H3,(H,20,23)(H,21,24)(H,22,25). The third-order valence-corrected chi connectivity index (χ3v) is 3.57. The maximum absolute atomic E-state index is 12.2. The molecular weight excluding hydrogens is 350 g/mol. The smallest absolute Gasteiger partial charge is 0.269 e. The van der Waals surface area contributed by atoms with Crippen molar-refractivity contribution in [1.29, 1.82) is 0 Å². The molecule has 0 spiro atoms. The topological polar surface area (TPSA) is 106 Å². The van der Waals surface area contributed by atoms with E-state index >= 15 is 0 Å². The predicted octanol–water partition coefficient (Wildman–Crippen LogP) is 1.67. The van der Waals surface area contributed by atoms with Crippen molar-refractivity contribution in [3.63, 3.8) is 0 Å². The number of benzene rings is 2. The summed E-state index contributed by atoms with van der Waals surface area (Å²) in [4.78, 5) is 35.2. The van der Waals surface area contributed by atoms with Gasteiger partial charge in [-0.3, -0.25) is 25.2 Å². The zero-order valence-corrected chi connectivity index (χ0v) is 15.3.